The lowest BCUT2D eigenvalue weighted by Crippen LogP contribution is -2.36. The van der Waals surface area contributed by atoms with Crippen molar-refractivity contribution in [2.24, 2.45) is 5.92 Å². The predicted octanol–water partition coefficient (Wildman–Crippen LogP) is 3.76. The lowest BCUT2D eigenvalue weighted by molar-refractivity contribution is -0.137. The molecule has 0 heterocycles. The first-order valence-corrected chi connectivity index (χ1v) is 6.79. The first-order valence-electron chi connectivity index (χ1n) is 6.79. The molecule has 0 aliphatic carbocycles. The Labute approximate surface area is 118 Å². The topological polar surface area (TPSA) is 32.3 Å². The van der Waals surface area contributed by atoms with Gasteiger partial charge in [0.05, 0.1) is 5.56 Å². The summed E-state index contributed by atoms with van der Waals surface area (Å²) in [7, 11) is 0. The highest BCUT2D eigenvalue weighted by Crippen LogP contribution is 2.30. The van der Waals surface area contributed by atoms with Crippen molar-refractivity contribution in [2.45, 2.75) is 45.5 Å². The van der Waals surface area contributed by atoms with Crippen molar-refractivity contribution in [1.29, 1.82) is 0 Å². The SMILES string of the molecule is CC(NC(CCO)C(C)C)c1cccc(C(F)(F)F)c1. The molecule has 1 aromatic rings. The third-order valence-electron chi connectivity index (χ3n) is 3.42. The van der Waals surface area contributed by atoms with Gasteiger partial charge in [-0.2, -0.15) is 13.2 Å². The molecule has 0 aliphatic rings. The molecule has 5 heteroatoms. The average Bonchev–Trinajstić information content (AvgIpc) is 2.37. The monoisotopic (exact) mass is 289 g/mol. The third kappa shape index (κ3) is 4.80. The van der Waals surface area contributed by atoms with E-state index in [1.165, 1.54) is 12.1 Å². The summed E-state index contributed by atoms with van der Waals surface area (Å²) in [6.45, 7) is 5.94. The molecule has 2 unspecified atom stereocenters. The smallest absolute Gasteiger partial charge is 0.396 e. The van der Waals surface area contributed by atoms with Crippen LogP contribution in [0.25, 0.3) is 0 Å². The van der Waals surface area contributed by atoms with Gasteiger partial charge in [-0.3, -0.25) is 0 Å². The van der Waals surface area contributed by atoms with Crippen LogP contribution >= 0.6 is 0 Å². The van der Waals surface area contributed by atoms with Gasteiger partial charge in [0.1, 0.15) is 0 Å². The minimum Gasteiger partial charge on any atom is -0.396 e. The fraction of sp³-hybridized carbons (Fsp3) is 0.600. The zero-order chi connectivity index (χ0) is 15.3. The first kappa shape index (κ1) is 17.0. The van der Waals surface area contributed by atoms with Gasteiger partial charge in [0.25, 0.3) is 0 Å². The zero-order valence-electron chi connectivity index (χ0n) is 12.0. The fourth-order valence-electron chi connectivity index (χ4n) is 2.15. The van der Waals surface area contributed by atoms with Crippen LogP contribution in [0.4, 0.5) is 13.2 Å². The van der Waals surface area contributed by atoms with Gasteiger partial charge >= 0.3 is 6.18 Å². The highest BCUT2D eigenvalue weighted by molar-refractivity contribution is 5.27. The Morgan fingerprint density at radius 1 is 1.20 bits per heavy atom. The number of nitrogens with one attached hydrogen (secondary N) is 1. The maximum absolute atomic E-state index is 12.7. The van der Waals surface area contributed by atoms with Gasteiger partial charge in [0.2, 0.25) is 0 Å². The summed E-state index contributed by atoms with van der Waals surface area (Å²) in [5.41, 5.74) is -0.0321. The Bertz CT molecular complexity index is 418. The van der Waals surface area contributed by atoms with Crippen molar-refractivity contribution >= 4 is 0 Å². The summed E-state index contributed by atoms with van der Waals surface area (Å²) in [6.07, 6.45) is -3.74. The molecule has 2 nitrogen and oxygen atoms in total. The molecule has 1 aromatic carbocycles. The Morgan fingerprint density at radius 2 is 1.85 bits per heavy atom. The van der Waals surface area contributed by atoms with Gasteiger partial charge in [-0.1, -0.05) is 26.0 Å². The molecule has 0 saturated heterocycles. The number of aliphatic hydroxyl groups excluding tert-OH is 1. The van der Waals surface area contributed by atoms with Gasteiger partial charge in [-0.05, 0) is 37.0 Å². The van der Waals surface area contributed by atoms with Crippen LogP contribution < -0.4 is 5.32 Å². The Kier molecular flexibility index (Phi) is 6.02. The lowest BCUT2D eigenvalue weighted by atomic mass is 9.98. The van der Waals surface area contributed by atoms with Crippen LogP contribution in [0.3, 0.4) is 0 Å². The molecule has 1 rings (SSSR count). The Hall–Kier alpha value is -1.07. The zero-order valence-corrected chi connectivity index (χ0v) is 12.0. The molecular formula is C15H22F3NO. The van der Waals surface area contributed by atoms with Crippen LogP contribution in [-0.4, -0.2) is 17.8 Å². The van der Waals surface area contributed by atoms with E-state index < -0.39 is 11.7 Å². The van der Waals surface area contributed by atoms with Gasteiger partial charge in [-0.15, -0.1) is 0 Å². The quantitative estimate of drug-likeness (QED) is 0.835. The number of hydrogen-bond donors (Lipinski definition) is 2. The normalized spacial score (nSPS) is 15.4. The Morgan fingerprint density at radius 3 is 2.35 bits per heavy atom. The van der Waals surface area contributed by atoms with E-state index in [-0.39, 0.29) is 18.7 Å². The molecular weight excluding hydrogens is 267 g/mol. The number of benzene rings is 1. The van der Waals surface area contributed by atoms with E-state index in [0.717, 1.165) is 6.07 Å². The summed E-state index contributed by atoms with van der Waals surface area (Å²) in [5, 5.41) is 12.3. The van der Waals surface area contributed by atoms with Crippen molar-refractivity contribution in [1.82, 2.24) is 5.32 Å². The van der Waals surface area contributed by atoms with Gasteiger partial charge in [-0.25, -0.2) is 0 Å². The highest BCUT2D eigenvalue weighted by Gasteiger charge is 2.30. The van der Waals surface area contributed by atoms with Crippen LogP contribution in [0.2, 0.25) is 0 Å². The number of hydrogen-bond acceptors (Lipinski definition) is 2. The molecule has 0 bridgehead atoms. The Balaban J connectivity index is 2.84. The van der Waals surface area contributed by atoms with Crippen molar-refractivity contribution in [3.05, 3.63) is 35.4 Å². The summed E-state index contributed by atoms with van der Waals surface area (Å²) in [4.78, 5) is 0. The van der Waals surface area contributed by atoms with Crippen LogP contribution in [0, 0.1) is 5.92 Å². The summed E-state index contributed by atoms with van der Waals surface area (Å²) in [5.74, 6) is 0.301. The van der Waals surface area contributed by atoms with Crippen LogP contribution in [0.1, 0.15) is 44.4 Å². The maximum atomic E-state index is 12.7. The molecule has 20 heavy (non-hydrogen) atoms. The molecule has 114 valence electrons. The molecule has 0 radical (unpaired) electrons. The number of rotatable bonds is 6. The van der Waals surface area contributed by atoms with Gasteiger partial charge in [0.15, 0.2) is 0 Å². The van der Waals surface area contributed by atoms with Crippen molar-refractivity contribution in [3.63, 3.8) is 0 Å². The van der Waals surface area contributed by atoms with Crippen LogP contribution in [-0.2, 0) is 6.18 Å². The molecule has 0 saturated carbocycles. The van der Waals surface area contributed by atoms with E-state index in [1.54, 1.807) is 6.07 Å². The second-order valence-corrected chi connectivity index (χ2v) is 5.37. The summed E-state index contributed by atoms with van der Waals surface area (Å²) >= 11 is 0. The van der Waals surface area contributed by atoms with Crippen molar-refractivity contribution < 1.29 is 18.3 Å². The fourth-order valence-corrected chi connectivity index (χ4v) is 2.15. The van der Waals surface area contributed by atoms with Gasteiger partial charge < -0.3 is 10.4 Å². The molecule has 2 atom stereocenters. The number of halogens is 3. The molecule has 2 N–H and O–H groups in total. The minimum atomic E-state index is -4.32. The van der Waals surface area contributed by atoms with Crippen molar-refractivity contribution in [3.8, 4) is 0 Å². The van der Waals surface area contributed by atoms with Crippen LogP contribution in [0.15, 0.2) is 24.3 Å². The minimum absolute atomic E-state index is 0.0607. The highest BCUT2D eigenvalue weighted by atomic mass is 19.4. The first-order chi connectivity index (χ1) is 9.25. The van der Waals surface area contributed by atoms with Gasteiger partial charge in [0, 0.05) is 18.7 Å². The largest absolute Gasteiger partial charge is 0.416 e. The van der Waals surface area contributed by atoms with E-state index in [0.29, 0.717) is 17.9 Å². The average molecular weight is 289 g/mol. The molecule has 0 spiro atoms. The van der Waals surface area contributed by atoms with Crippen molar-refractivity contribution in [2.75, 3.05) is 6.61 Å². The second-order valence-electron chi connectivity index (χ2n) is 5.37. The molecule has 0 aliphatic heterocycles. The van der Waals surface area contributed by atoms with E-state index in [4.69, 9.17) is 5.11 Å². The van der Waals surface area contributed by atoms with E-state index in [1.807, 2.05) is 20.8 Å². The van der Waals surface area contributed by atoms with E-state index in [9.17, 15) is 13.2 Å². The lowest BCUT2D eigenvalue weighted by Gasteiger charge is -2.26. The van der Waals surface area contributed by atoms with Crippen LogP contribution in [0.5, 0.6) is 0 Å². The molecule has 0 aromatic heterocycles. The second kappa shape index (κ2) is 7.09. The number of aliphatic hydroxyl groups is 1. The molecule has 0 fully saturated rings. The molecule has 0 amide bonds. The number of alkyl halides is 3. The van der Waals surface area contributed by atoms with E-state index in [2.05, 4.69) is 5.32 Å². The third-order valence-corrected chi connectivity index (χ3v) is 3.42. The summed E-state index contributed by atoms with van der Waals surface area (Å²) in [6, 6.07) is 5.23. The summed E-state index contributed by atoms with van der Waals surface area (Å²) < 4.78 is 38.1. The standard InChI is InChI=1S/C15H22F3NO/c1-10(2)14(7-8-20)19-11(3)12-5-4-6-13(9-12)15(16,17)18/h4-6,9-11,14,19-20H,7-8H2,1-3H3. The predicted molar refractivity (Wildman–Crippen MR) is 73.3 cm³/mol. The van der Waals surface area contributed by atoms with E-state index >= 15 is 0 Å². The maximum Gasteiger partial charge on any atom is 0.416 e.